The van der Waals surface area contributed by atoms with Gasteiger partial charge < -0.3 is 5.73 Å². The number of benzene rings is 2. The molecule has 4 rings (SSSR count). The van der Waals surface area contributed by atoms with Crippen LogP contribution in [0.4, 0.5) is 14.5 Å². The molecule has 0 aromatic heterocycles. The number of nitrogens with zero attached hydrogens (tertiary/aromatic N) is 2. The third-order valence-corrected chi connectivity index (χ3v) is 5.96. The lowest BCUT2D eigenvalue weighted by atomic mass is 9.68. The van der Waals surface area contributed by atoms with Gasteiger partial charge in [0.1, 0.15) is 23.1 Å². The normalized spacial score (nSPS) is 20.6. The van der Waals surface area contributed by atoms with Gasteiger partial charge in [-0.25, -0.2) is 8.78 Å². The van der Waals surface area contributed by atoms with Gasteiger partial charge in [0, 0.05) is 22.7 Å². The number of nitriles is 1. The van der Waals surface area contributed by atoms with E-state index in [0.29, 0.717) is 28.3 Å². The molecule has 1 aliphatic carbocycles. The first-order chi connectivity index (χ1) is 14.6. The van der Waals surface area contributed by atoms with Gasteiger partial charge in [0.05, 0.1) is 17.6 Å². The van der Waals surface area contributed by atoms with Crippen molar-refractivity contribution in [2.45, 2.75) is 32.6 Å². The number of allylic oxidation sites excluding steroid dienone is 3. The first kappa shape index (κ1) is 21.1. The lowest BCUT2D eigenvalue weighted by Gasteiger charge is -2.43. The molecule has 2 aromatic carbocycles. The summed E-state index contributed by atoms with van der Waals surface area (Å²) < 4.78 is 29.6. The molecule has 2 N–H and O–H groups in total. The monoisotopic (exact) mass is 439 g/mol. The summed E-state index contributed by atoms with van der Waals surface area (Å²) in [6.45, 7) is 3.83. The molecule has 4 nitrogen and oxygen atoms in total. The molecular weight excluding hydrogens is 420 g/mol. The fraction of sp³-hybridized carbons (Fsp3) is 0.250. The van der Waals surface area contributed by atoms with Crippen LogP contribution in [0.15, 0.2) is 65.1 Å². The van der Waals surface area contributed by atoms with Crippen LogP contribution in [-0.2, 0) is 4.79 Å². The zero-order chi connectivity index (χ0) is 22.5. The third-order valence-electron chi connectivity index (χ3n) is 5.72. The summed E-state index contributed by atoms with van der Waals surface area (Å²) >= 11 is 6.17. The van der Waals surface area contributed by atoms with Crippen LogP contribution in [-0.4, -0.2) is 5.78 Å². The molecule has 31 heavy (non-hydrogen) atoms. The summed E-state index contributed by atoms with van der Waals surface area (Å²) in [5.74, 6) is -2.69. The minimum atomic E-state index is -0.830. The van der Waals surface area contributed by atoms with Gasteiger partial charge >= 0.3 is 0 Å². The van der Waals surface area contributed by atoms with Crippen LogP contribution in [0.5, 0.6) is 0 Å². The van der Waals surface area contributed by atoms with E-state index in [1.165, 1.54) is 11.0 Å². The maximum absolute atomic E-state index is 14.8. The smallest absolute Gasteiger partial charge is 0.162 e. The van der Waals surface area contributed by atoms with Crippen molar-refractivity contribution in [2.75, 3.05) is 4.90 Å². The van der Waals surface area contributed by atoms with E-state index < -0.39 is 28.7 Å². The number of nitrogens with two attached hydrogens (primary N) is 1. The Hall–Kier alpha value is -3.17. The second-order valence-corrected chi connectivity index (χ2v) is 9.04. The summed E-state index contributed by atoms with van der Waals surface area (Å²) in [6.07, 6.45) is 0.605. The van der Waals surface area contributed by atoms with Crippen LogP contribution in [0, 0.1) is 28.4 Å². The second kappa shape index (κ2) is 7.51. The molecule has 0 amide bonds. The minimum Gasteiger partial charge on any atom is -0.384 e. The average molecular weight is 440 g/mol. The molecule has 1 atom stereocenters. The maximum atomic E-state index is 14.8. The highest BCUT2D eigenvalue weighted by Crippen LogP contribution is 2.50. The molecule has 1 heterocycles. The Morgan fingerprint density at radius 2 is 1.81 bits per heavy atom. The SMILES string of the molecule is CC1(C)CC(=O)C2=C(C1)N(c1c(F)cccc1F)C(N)=C(C#N)[C@@H]2c1cccc(Cl)c1. The summed E-state index contributed by atoms with van der Waals surface area (Å²) in [5, 5.41) is 10.4. The molecule has 0 saturated heterocycles. The third kappa shape index (κ3) is 3.49. The Labute approximate surface area is 184 Å². The van der Waals surface area contributed by atoms with E-state index in [0.717, 1.165) is 12.1 Å². The lowest BCUT2D eigenvalue weighted by molar-refractivity contribution is -0.118. The van der Waals surface area contributed by atoms with Gasteiger partial charge in [0.15, 0.2) is 5.78 Å². The molecule has 2 aliphatic rings. The van der Waals surface area contributed by atoms with Crippen molar-refractivity contribution in [2.24, 2.45) is 11.1 Å². The van der Waals surface area contributed by atoms with Crippen LogP contribution in [0.2, 0.25) is 5.02 Å². The van der Waals surface area contributed by atoms with Crippen LogP contribution in [0.1, 0.15) is 38.2 Å². The van der Waals surface area contributed by atoms with Crippen LogP contribution >= 0.6 is 11.6 Å². The molecule has 0 unspecified atom stereocenters. The van der Waals surface area contributed by atoms with E-state index in [9.17, 15) is 18.8 Å². The van der Waals surface area contributed by atoms with Gasteiger partial charge in [-0.2, -0.15) is 5.26 Å². The van der Waals surface area contributed by atoms with Crippen molar-refractivity contribution in [3.8, 4) is 6.07 Å². The van der Waals surface area contributed by atoms with Gasteiger partial charge in [-0.1, -0.05) is 43.6 Å². The number of ketones is 1. The van der Waals surface area contributed by atoms with Crippen molar-refractivity contribution in [3.05, 3.63) is 87.3 Å². The molecule has 7 heteroatoms. The zero-order valence-electron chi connectivity index (χ0n) is 17.0. The summed E-state index contributed by atoms with van der Waals surface area (Å²) in [5.41, 5.74) is 6.96. The van der Waals surface area contributed by atoms with E-state index in [4.69, 9.17) is 17.3 Å². The van der Waals surface area contributed by atoms with E-state index >= 15 is 0 Å². The van der Waals surface area contributed by atoms with E-state index in [1.807, 2.05) is 13.8 Å². The van der Waals surface area contributed by atoms with Crippen LogP contribution in [0.25, 0.3) is 0 Å². The molecule has 0 fully saturated rings. The standard InChI is InChI=1S/C24H20ClF2N3O/c1-24(2)10-18-21(19(31)11-24)20(13-5-3-6-14(25)9-13)15(12-28)23(29)30(18)22-16(26)7-4-8-17(22)27/h3-9,20H,10-11,29H2,1-2H3/t20-/m0/s1. The number of anilines is 1. The van der Waals surface area contributed by atoms with E-state index in [-0.39, 0.29) is 23.6 Å². The molecule has 1 aliphatic heterocycles. The highest BCUT2D eigenvalue weighted by molar-refractivity contribution is 6.30. The second-order valence-electron chi connectivity index (χ2n) is 8.61. The van der Waals surface area contributed by atoms with Crippen molar-refractivity contribution >= 4 is 23.1 Å². The Bertz CT molecular complexity index is 1190. The topological polar surface area (TPSA) is 70.1 Å². The predicted octanol–water partition coefficient (Wildman–Crippen LogP) is 5.56. The fourth-order valence-electron chi connectivity index (χ4n) is 4.49. The van der Waals surface area contributed by atoms with Crippen molar-refractivity contribution in [1.29, 1.82) is 5.26 Å². The number of hydrogen-bond donors (Lipinski definition) is 1. The van der Waals surface area contributed by atoms with Gasteiger partial charge in [0.2, 0.25) is 0 Å². The Morgan fingerprint density at radius 3 is 2.42 bits per heavy atom. The fourth-order valence-corrected chi connectivity index (χ4v) is 4.69. The lowest BCUT2D eigenvalue weighted by Crippen LogP contribution is -2.42. The minimum absolute atomic E-state index is 0.0525. The molecule has 0 saturated carbocycles. The highest BCUT2D eigenvalue weighted by atomic mass is 35.5. The van der Waals surface area contributed by atoms with Gasteiger partial charge in [-0.15, -0.1) is 0 Å². The number of Topliss-reactive ketones (excluding diaryl/α,β-unsaturated/α-hetero) is 1. The first-order valence-electron chi connectivity index (χ1n) is 9.80. The van der Waals surface area contributed by atoms with Crippen molar-refractivity contribution in [1.82, 2.24) is 0 Å². The number of rotatable bonds is 2. The number of carbonyl (C=O) groups excluding carboxylic acids is 1. The summed E-state index contributed by atoms with van der Waals surface area (Å²) in [4.78, 5) is 14.6. The Balaban J connectivity index is 2.06. The number of hydrogen-bond acceptors (Lipinski definition) is 4. The van der Waals surface area contributed by atoms with Gasteiger partial charge in [-0.3, -0.25) is 9.69 Å². The summed E-state index contributed by atoms with van der Waals surface area (Å²) in [6, 6.07) is 12.4. The predicted molar refractivity (Wildman–Crippen MR) is 115 cm³/mol. The Kier molecular flexibility index (Phi) is 5.10. The summed E-state index contributed by atoms with van der Waals surface area (Å²) in [7, 11) is 0. The molecule has 0 bridgehead atoms. The van der Waals surface area contributed by atoms with E-state index in [2.05, 4.69) is 6.07 Å². The highest BCUT2D eigenvalue weighted by Gasteiger charge is 2.45. The largest absolute Gasteiger partial charge is 0.384 e. The quantitative estimate of drug-likeness (QED) is 0.665. The van der Waals surface area contributed by atoms with Gasteiger partial charge in [-0.05, 0) is 41.7 Å². The molecule has 0 spiro atoms. The van der Waals surface area contributed by atoms with Crippen LogP contribution < -0.4 is 10.6 Å². The maximum Gasteiger partial charge on any atom is 0.162 e. The molecule has 158 valence electrons. The Morgan fingerprint density at radius 1 is 1.16 bits per heavy atom. The number of halogens is 3. The van der Waals surface area contributed by atoms with Crippen molar-refractivity contribution < 1.29 is 13.6 Å². The molecular formula is C24H20ClF2N3O. The van der Waals surface area contributed by atoms with Gasteiger partial charge in [0.25, 0.3) is 0 Å². The average Bonchev–Trinajstić information content (AvgIpc) is 2.68. The molecule has 0 radical (unpaired) electrons. The number of para-hydroxylation sites is 1. The van der Waals surface area contributed by atoms with Crippen molar-refractivity contribution in [3.63, 3.8) is 0 Å². The first-order valence-corrected chi connectivity index (χ1v) is 10.2. The number of carbonyl (C=O) groups is 1. The zero-order valence-corrected chi connectivity index (χ0v) is 17.8. The van der Waals surface area contributed by atoms with Crippen LogP contribution in [0.3, 0.4) is 0 Å². The van der Waals surface area contributed by atoms with E-state index in [1.54, 1.807) is 24.3 Å². The molecule has 2 aromatic rings.